The minimum atomic E-state index is -0.0138. The first-order chi connectivity index (χ1) is 6.15. The Bertz CT molecular complexity index is 260. The molecular weight excluding hydrogens is 204 g/mol. The van der Waals surface area contributed by atoms with E-state index in [2.05, 4.69) is 24.0 Å². The topological polar surface area (TPSA) is 25.8 Å². The van der Waals surface area contributed by atoms with Crippen LogP contribution in [0.2, 0.25) is 0 Å². The van der Waals surface area contributed by atoms with Gasteiger partial charge in [0, 0.05) is 5.92 Å². The van der Waals surface area contributed by atoms with Crippen LogP contribution in [0.25, 0.3) is 0 Å². The molecule has 0 N–H and O–H groups in total. The lowest BCUT2D eigenvalue weighted by Crippen LogP contribution is -1.91. The number of hydrogen-bond donors (Lipinski definition) is 0. The Labute approximate surface area is 88.3 Å². The predicted molar refractivity (Wildman–Crippen MR) is 57.5 cm³/mol. The maximum atomic E-state index is 5.91. The van der Waals surface area contributed by atoms with Crippen LogP contribution in [0.15, 0.2) is 0 Å². The summed E-state index contributed by atoms with van der Waals surface area (Å²) in [5.41, 5.74) is 0. The monoisotopic (exact) mass is 218 g/mol. The van der Waals surface area contributed by atoms with E-state index in [4.69, 9.17) is 11.6 Å². The van der Waals surface area contributed by atoms with Crippen LogP contribution >= 0.6 is 22.9 Å². The summed E-state index contributed by atoms with van der Waals surface area (Å²) in [6.45, 7) is 6.30. The van der Waals surface area contributed by atoms with E-state index in [1.807, 2.05) is 6.92 Å². The number of aromatic nitrogens is 2. The molecule has 13 heavy (non-hydrogen) atoms. The Morgan fingerprint density at radius 1 is 1.31 bits per heavy atom. The molecule has 0 spiro atoms. The van der Waals surface area contributed by atoms with E-state index in [0.29, 0.717) is 5.92 Å². The van der Waals surface area contributed by atoms with Crippen molar-refractivity contribution in [1.29, 1.82) is 0 Å². The van der Waals surface area contributed by atoms with Gasteiger partial charge < -0.3 is 0 Å². The molecule has 0 saturated carbocycles. The molecule has 2 unspecified atom stereocenters. The number of halogens is 1. The molecule has 0 aliphatic heterocycles. The zero-order chi connectivity index (χ0) is 9.84. The lowest BCUT2D eigenvalue weighted by Gasteiger charge is -2.03. The van der Waals surface area contributed by atoms with Crippen LogP contribution in [-0.2, 0) is 0 Å². The molecule has 0 bridgehead atoms. The standard InChI is InChI=1S/C9H15ClN2S/c1-4-5-6(2)8-11-12-9(13-8)7(3)10/h6-7H,4-5H2,1-3H3. The SMILES string of the molecule is CCCC(C)c1nnc(C(C)Cl)s1. The molecule has 1 aromatic rings. The van der Waals surface area contributed by atoms with Crippen molar-refractivity contribution in [2.45, 2.75) is 44.9 Å². The van der Waals surface area contributed by atoms with Gasteiger partial charge in [-0.3, -0.25) is 0 Å². The van der Waals surface area contributed by atoms with Gasteiger partial charge in [0.15, 0.2) is 0 Å². The first-order valence-corrected chi connectivity index (χ1v) is 5.87. The van der Waals surface area contributed by atoms with Crippen LogP contribution in [0.4, 0.5) is 0 Å². The van der Waals surface area contributed by atoms with E-state index in [-0.39, 0.29) is 5.38 Å². The van der Waals surface area contributed by atoms with Gasteiger partial charge in [-0.25, -0.2) is 0 Å². The van der Waals surface area contributed by atoms with Gasteiger partial charge in [-0.05, 0) is 13.3 Å². The fourth-order valence-electron chi connectivity index (χ4n) is 1.16. The molecule has 0 amide bonds. The Morgan fingerprint density at radius 3 is 2.38 bits per heavy atom. The van der Waals surface area contributed by atoms with Gasteiger partial charge in [0.05, 0.1) is 5.38 Å². The number of hydrogen-bond acceptors (Lipinski definition) is 3. The van der Waals surface area contributed by atoms with E-state index in [9.17, 15) is 0 Å². The third-order valence-corrected chi connectivity index (χ3v) is 3.61. The molecule has 74 valence electrons. The maximum Gasteiger partial charge on any atom is 0.135 e. The van der Waals surface area contributed by atoms with Crippen LogP contribution < -0.4 is 0 Å². The van der Waals surface area contributed by atoms with Crippen LogP contribution in [0.1, 0.15) is 54.9 Å². The van der Waals surface area contributed by atoms with Gasteiger partial charge >= 0.3 is 0 Å². The Morgan fingerprint density at radius 2 is 1.92 bits per heavy atom. The average molecular weight is 219 g/mol. The lowest BCUT2D eigenvalue weighted by atomic mass is 10.1. The minimum absolute atomic E-state index is 0.0138. The molecule has 0 radical (unpaired) electrons. The van der Waals surface area contributed by atoms with Crippen molar-refractivity contribution >= 4 is 22.9 Å². The Hall–Kier alpha value is -0.150. The largest absolute Gasteiger partial charge is 0.143 e. The van der Waals surface area contributed by atoms with Crippen molar-refractivity contribution in [1.82, 2.24) is 10.2 Å². The van der Waals surface area contributed by atoms with E-state index >= 15 is 0 Å². The highest BCUT2D eigenvalue weighted by molar-refractivity contribution is 7.11. The quantitative estimate of drug-likeness (QED) is 0.720. The summed E-state index contributed by atoms with van der Waals surface area (Å²) in [5, 5.41) is 10.2. The van der Waals surface area contributed by atoms with E-state index in [1.165, 1.54) is 12.8 Å². The van der Waals surface area contributed by atoms with Crippen LogP contribution in [0.5, 0.6) is 0 Å². The molecule has 0 aromatic carbocycles. The van der Waals surface area contributed by atoms with Crippen molar-refractivity contribution in [2.24, 2.45) is 0 Å². The fourth-order valence-corrected chi connectivity index (χ4v) is 2.20. The van der Waals surface area contributed by atoms with Crippen molar-refractivity contribution in [2.75, 3.05) is 0 Å². The molecule has 0 aliphatic rings. The van der Waals surface area contributed by atoms with Crippen molar-refractivity contribution in [3.63, 3.8) is 0 Å². The second kappa shape index (κ2) is 4.91. The van der Waals surface area contributed by atoms with Crippen molar-refractivity contribution in [3.8, 4) is 0 Å². The third-order valence-electron chi connectivity index (χ3n) is 1.94. The predicted octanol–water partition coefficient (Wildman–Crippen LogP) is 3.74. The summed E-state index contributed by atoms with van der Waals surface area (Å²) in [7, 11) is 0. The average Bonchev–Trinajstić information content (AvgIpc) is 2.52. The minimum Gasteiger partial charge on any atom is -0.143 e. The molecule has 0 fully saturated rings. The summed E-state index contributed by atoms with van der Waals surface area (Å²) in [6.07, 6.45) is 2.36. The van der Waals surface area contributed by atoms with Crippen LogP contribution in [0, 0.1) is 0 Å². The normalized spacial score (nSPS) is 15.7. The summed E-state index contributed by atoms with van der Waals surface area (Å²) in [4.78, 5) is 0. The number of nitrogens with zero attached hydrogens (tertiary/aromatic N) is 2. The lowest BCUT2D eigenvalue weighted by molar-refractivity contribution is 0.653. The van der Waals surface area contributed by atoms with Gasteiger partial charge in [-0.15, -0.1) is 21.8 Å². The zero-order valence-electron chi connectivity index (χ0n) is 8.25. The van der Waals surface area contributed by atoms with E-state index in [0.717, 1.165) is 10.0 Å². The molecule has 0 saturated heterocycles. The molecule has 1 rings (SSSR count). The third kappa shape index (κ3) is 2.92. The Kier molecular flexibility index (Phi) is 4.13. The smallest absolute Gasteiger partial charge is 0.135 e. The van der Waals surface area contributed by atoms with Crippen LogP contribution in [-0.4, -0.2) is 10.2 Å². The summed E-state index contributed by atoms with van der Waals surface area (Å²) >= 11 is 7.54. The van der Waals surface area contributed by atoms with Gasteiger partial charge in [0.1, 0.15) is 10.0 Å². The second-order valence-corrected chi connectivity index (χ2v) is 4.98. The van der Waals surface area contributed by atoms with Gasteiger partial charge in [-0.2, -0.15) is 0 Å². The highest BCUT2D eigenvalue weighted by atomic mass is 35.5. The molecule has 2 atom stereocenters. The summed E-state index contributed by atoms with van der Waals surface area (Å²) in [5.74, 6) is 0.520. The fraction of sp³-hybridized carbons (Fsp3) is 0.778. The summed E-state index contributed by atoms with van der Waals surface area (Å²) in [6, 6.07) is 0. The van der Waals surface area contributed by atoms with Gasteiger partial charge in [0.25, 0.3) is 0 Å². The second-order valence-electron chi connectivity index (χ2n) is 3.28. The molecule has 1 aromatic heterocycles. The zero-order valence-corrected chi connectivity index (χ0v) is 9.82. The highest BCUT2D eigenvalue weighted by Gasteiger charge is 2.13. The molecule has 4 heteroatoms. The van der Waals surface area contributed by atoms with Crippen molar-refractivity contribution in [3.05, 3.63) is 10.0 Å². The van der Waals surface area contributed by atoms with Crippen LogP contribution in [0.3, 0.4) is 0 Å². The Balaban J connectivity index is 2.67. The summed E-state index contributed by atoms with van der Waals surface area (Å²) < 4.78 is 0. The number of alkyl halides is 1. The molecule has 1 heterocycles. The first-order valence-electron chi connectivity index (χ1n) is 4.62. The molecule has 2 nitrogen and oxygen atoms in total. The van der Waals surface area contributed by atoms with E-state index in [1.54, 1.807) is 11.3 Å². The first kappa shape index (κ1) is 10.9. The van der Waals surface area contributed by atoms with E-state index < -0.39 is 0 Å². The van der Waals surface area contributed by atoms with Gasteiger partial charge in [-0.1, -0.05) is 31.6 Å². The molecular formula is C9H15ClN2S. The maximum absolute atomic E-state index is 5.91. The highest BCUT2D eigenvalue weighted by Crippen LogP contribution is 2.28. The number of rotatable bonds is 4. The van der Waals surface area contributed by atoms with Crippen molar-refractivity contribution < 1.29 is 0 Å². The van der Waals surface area contributed by atoms with Gasteiger partial charge in [0.2, 0.25) is 0 Å². The molecule has 0 aliphatic carbocycles.